The van der Waals surface area contributed by atoms with Crippen molar-refractivity contribution in [1.29, 1.82) is 0 Å². The van der Waals surface area contributed by atoms with Crippen molar-refractivity contribution >= 4 is 17.2 Å². The lowest BCUT2D eigenvalue weighted by Gasteiger charge is -2.21. The van der Waals surface area contributed by atoms with Crippen molar-refractivity contribution in [3.05, 3.63) is 107 Å². The number of hydrogen-bond acceptors (Lipinski definition) is 3. The van der Waals surface area contributed by atoms with Gasteiger partial charge in [0.05, 0.1) is 29.4 Å². The number of hydrogen-bond donors (Lipinski definition) is 1. The first-order valence-electron chi connectivity index (χ1n) is 9.82. The number of ether oxygens (including phenoxy) is 1. The monoisotopic (exact) mass is 384 g/mol. The molecule has 1 atom stereocenters. The van der Waals surface area contributed by atoms with Gasteiger partial charge in [-0.25, -0.2) is 4.79 Å². The zero-order valence-electron chi connectivity index (χ0n) is 16.6. The predicted molar refractivity (Wildman–Crippen MR) is 116 cm³/mol. The van der Waals surface area contributed by atoms with Gasteiger partial charge < -0.3 is 14.5 Å². The molecule has 4 heteroatoms. The molecule has 2 aromatic heterocycles. The molecule has 0 unspecified atom stereocenters. The van der Waals surface area contributed by atoms with Crippen molar-refractivity contribution in [3.63, 3.8) is 0 Å². The average Bonchev–Trinajstić information content (AvgIpc) is 3.14. The van der Waals surface area contributed by atoms with E-state index in [2.05, 4.69) is 53.0 Å². The summed E-state index contributed by atoms with van der Waals surface area (Å²) in [4.78, 5) is 12.6. The first kappa shape index (κ1) is 18.8. The summed E-state index contributed by atoms with van der Waals surface area (Å²) in [5.74, 6) is -0.301. The van der Waals surface area contributed by atoms with Crippen molar-refractivity contribution < 1.29 is 9.53 Å². The van der Waals surface area contributed by atoms with E-state index in [9.17, 15) is 4.79 Å². The Kier molecular flexibility index (Phi) is 5.34. The summed E-state index contributed by atoms with van der Waals surface area (Å²) in [5.41, 5.74) is 5.75. The highest BCUT2D eigenvalue weighted by Crippen LogP contribution is 2.30. The van der Waals surface area contributed by atoms with E-state index in [0.29, 0.717) is 12.2 Å². The van der Waals surface area contributed by atoms with Crippen LogP contribution in [-0.2, 0) is 4.74 Å². The Morgan fingerprint density at radius 3 is 2.45 bits per heavy atom. The zero-order valence-corrected chi connectivity index (χ0v) is 16.6. The van der Waals surface area contributed by atoms with Crippen LogP contribution in [0.1, 0.15) is 40.1 Å². The number of pyridine rings is 1. The maximum Gasteiger partial charge on any atom is 0.340 e. The van der Waals surface area contributed by atoms with E-state index in [4.69, 9.17) is 4.74 Å². The van der Waals surface area contributed by atoms with E-state index in [0.717, 1.165) is 22.5 Å². The number of carbonyl (C=O) groups is 1. The molecule has 2 aromatic carbocycles. The number of nitrogens with one attached hydrogen (secondary N) is 1. The number of rotatable bonds is 6. The predicted octanol–water partition coefficient (Wildman–Crippen LogP) is 5.63. The number of carbonyl (C=O) groups excluding carboxylic acids is 1. The highest BCUT2D eigenvalue weighted by Gasteiger charge is 2.23. The molecule has 4 aromatic rings. The summed E-state index contributed by atoms with van der Waals surface area (Å²) in [6.45, 7) is 4.25. The number of aryl methyl sites for hydroxylation is 1. The quantitative estimate of drug-likeness (QED) is 0.438. The topological polar surface area (TPSA) is 42.7 Å². The van der Waals surface area contributed by atoms with Crippen molar-refractivity contribution in [2.45, 2.75) is 19.9 Å². The fourth-order valence-corrected chi connectivity index (χ4v) is 3.56. The molecule has 0 fully saturated rings. The number of anilines is 1. The van der Waals surface area contributed by atoms with Crippen LogP contribution in [0.15, 0.2) is 85.1 Å². The molecule has 0 amide bonds. The van der Waals surface area contributed by atoms with E-state index >= 15 is 0 Å². The Labute approximate surface area is 170 Å². The molecular weight excluding hydrogens is 360 g/mol. The standard InChI is InChI=1S/C25H24N2O2/c1-3-29-25(28)21-17-23(27-16-8-7-11-22(21)27)24(19-9-5-4-6-10-19)26-20-14-12-18(2)13-15-20/h4-17,24,26H,3H2,1-2H3/t24-/m0/s1. The minimum Gasteiger partial charge on any atom is -0.462 e. The van der Waals surface area contributed by atoms with Gasteiger partial charge in [0.1, 0.15) is 0 Å². The normalized spacial score (nSPS) is 11.9. The van der Waals surface area contributed by atoms with Crippen LogP contribution in [-0.4, -0.2) is 17.0 Å². The third-order valence-corrected chi connectivity index (χ3v) is 4.99. The molecule has 0 aliphatic carbocycles. The van der Waals surface area contributed by atoms with Crippen LogP contribution >= 0.6 is 0 Å². The molecule has 4 nitrogen and oxygen atoms in total. The zero-order chi connectivity index (χ0) is 20.2. The molecule has 146 valence electrons. The summed E-state index contributed by atoms with van der Waals surface area (Å²) in [6.07, 6.45) is 1.99. The van der Waals surface area contributed by atoms with Crippen LogP contribution in [0, 0.1) is 6.92 Å². The van der Waals surface area contributed by atoms with Crippen LogP contribution in [0.4, 0.5) is 5.69 Å². The Morgan fingerprint density at radius 1 is 1.00 bits per heavy atom. The second-order valence-corrected chi connectivity index (χ2v) is 7.01. The molecule has 0 aliphatic rings. The fourth-order valence-electron chi connectivity index (χ4n) is 3.56. The van der Waals surface area contributed by atoms with Gasteiger partial charge in [0.25, 0.3) is 0 Å². The van der Waals surface area contributed by atoms with E-state index in [1.807, 2.05) is 55.6 Å². The smallest absolute Gasteiger partial charge is 0.340 e. The number of aromatic nitrogens is 1. The average molecular weight is 384 g/mol. The lowest BCUT2D eigenvalue weighted by Crippen LogP contribution is -2.14. The van der Waals surface area contributed by atoms with Gasteiger partial charge in [0.15, 0.2) is 0 Å². The van der Waals surface area contributed by atoms with Gasteiger partial charge in [0, 0.05) is 11.9 Å². The van der Waals surface area contributed by atoms with Gasteiger partial charge in [-0.1, -0.05) is 54.1 Å². The molecule has 0 radical (unpaired) electrons. The maximum absolute atomic E-state index is 12.6. The van der Waals surface area contributed by atoms with Gasteiger partial charge >= 0.3 is 5.97 Å². The Morgan fingerprint density at radius 2 is 1.72 bits per heavy atom. The Bertz CT molecular complexity index is 1110. The summed E-state index contributed by atoms with van der Waals surface area (Å²) < 4.78 is 7.35. The van der Waals surface area contributed by atoms with Crippen LogP contribution in [0.3, 0.4) is 0 Å². The van der Waals surface area contributed by atoms with E-state index in [1.54, 1.807) is 0 Å². The van der Waals surface area contributed by atoms with Crippen LogP contribution in [0.25, 0.3) is 5.52 Å². The summed E-state index contributed by atoms with van der Waals surface area (Å²) in [6, 6.07) is 26.3. The highest BCUT2D eigenvalue weighted by molar-refractivity contribution is 5.97. The molecule has 0 spiro atoms. The van der Waals surface area contributed by atoms with Crippen molar-refractivity contribution in [2.24, 2.45) is 0 Å². The van der Waals surface area contributed by atoms with Crippen molar-refractivity contribution in [3.8, 4) is 0 Å². The number of esters is 1. The van der Waals surface area contributed by atoms with Gasteiger partial charge in [0.2, 0.25) is 0 Å². The lowest BCUT2D eigenvalue weighted by molar-refractivity contribution is 0.0529. The lowest BCUT2D eigenvalue weighted by atomic mass is 10.0. The van der Waals surface area contributed by atoms with E-state index in [-0.39, 0.29) is 12.0 Å². The third kappa shape index (κ3) is 3.87. The third-order valence-electron chi connectivity index (χ3n) is 4.99. The molecular formula is C25H24N2O2. The van der Waals surface area contributed by atoms with Crippen molar-refractivity contribution in [1.82, 2.24) is 4.40 Å². The Balaban J connectivity index is 1.85. The minimum atomic E-state index is -0.301. The molecule has 2 heterocycles. The largest absolute Gasteiger partial charge is 0.462 e. The van der Waals surface area contributed by atoms with Gasteiger partial charge in [-0.15, -0.1) is 0 Å². The number of benzene rings is 2. The molecule has 0 bridgehead atoms. The molecule has 0 saturated carbocycles. The number of nitrogens with zero attached hydrogens (tertiary/aromatic N) is 1. The minimum absolute atomic E-state index is 0.128. The highest BCUT2D eigenvalue weighted by atomic mass is 16.5. The molecule has 29 heavy (non-hydrogen) atoms. The van der Waals surface area contributed by atoms with Gasteiger partial charge in [-0.05, 0) is 49.7 Å². The van der Waals surface area contributed by atoms with E-state index in [1.165, 1.54) is 5.56 Å². The second-order valence-electron chi connectivity index (χ2n) is 7.01. The second kappa shape index (κ2) is 8.23. The summed E-state index contributed by atoms with van der Waals surface area (Å²) >= 11 is 0. The van der Waals surface area contributed by atoms with E-state index < -0.39 is 0 Å². The fraction of sp³-hybridized carbons (Fsp3) is 0.160. The molecule has 4 rings (SSSR count). The van der Waals surface area contributed by atoms with Crippen LogP contribution in [0.2, 0.25) is 0 Å². The summed E-state index contributed by atoms with van der Waals surface area (Å²) in [5, 5.41) is 3.64. The SMILES string of the molecule is CCOC(=O)c1cc([C@@H](Nc2ccc(C)cc2)c2ccccc2)n2ccccc12. The van der Waals surface area contributed by atoms with Gasteiger partial charge in [-0.3, -0.25) is 0 Å². The van der Waals surface area contributed by atoms with Crippen LogP contribution < -0.4 is 5.32 Å². The molecule has 0 aliphatic heterocycles. The van der Waals surface area contributed by atoms with Crippen molar-refractivity contribution in [2.75, 3.05) is 11.9 Å². The molecule has 1 N–H and O–H groups in total. The van der Waals surface area contributed by atoms with Gasteiger partial charge in [-0.2, -0.15) is 0 Å². The first-order valence-corrected chi connectivity index (χ1v) is 9.82. The first-order chi connectivity index (χ1) is 14.2. The maximum atomic E-state index is 12.6. The molecule has 0 saturated heterocycles. The Hall–Kier alpha value is -3.53. The van der Waals surface area contributed by atoms with Crippen LogP contribution in [0.5, 0.6) is 0 Å². The number of fused-ring (bicyclic) bond motifs is 1. The summed E-state index contributed by atoms with van der Waals surface area (Å²) in [7, 11) is 0.